The first-order chi connectivity index (χ1) is 12.1. The fourth-order valence-electron chi connectivity index (χ4n) is 2.33. The minimum Gasteiger partial charge on any atom is -0.326 e. The van der Waals surface area contributed by atoms with Crippen LogP contribution in [0.25, 0.3) is 0 Å². The second kappa shape index (κ2) is 9.37. The van der Waals surface area contributed by atoms with Crippen molar-refractivity contribution in [3.8, 4) is 0 Å². The number of amides is 2. The van der Waals surface area contributed by atoms with Gasteiger partial charge >= 0.3 is 0 Å². The molecule has 2 N–H and O–H groups in total. The summed E-state index contributed by atoms with van der Waals surface area (Å²) in [5.41, 5.74) is 5.65. The molecule has 0 heterocycles. The molecule has 0 fully saturated rings. The maximum Gasteiger partial charge on any atom is 0.271 e. The molecule has 0 aliphatic heterocycles. The Kier molecular flexibility index (Phi) is 6.89. The van der Waals surface area contributed by atoms with E-state index in [1.807, 2.05) is 30.3 Å². The lowest BCUT2D eigenvalue weighted by atomic mass is 10.1. The van der Waals surface area contributed by atoms with Gasteiger partial charge in [-0.3, -0.25) is 9.59 Å². The lowest BCUT2D eigenvalue weighted by molar-refractivity contribution is -0.114. The quantitative estimate of drug-likeness (QED) is 0.593. The average Bonchev–Trinajstić information content (AvgIpc) is 2.62. The molecule has 2 rings (SSSR count). The van der Waals surface area contributed by atoms with Gasteiger partial charge in [0.05, 0.1) is 5.71 Å². The Balaban J connectivity index is 2.08. The number of unbranched alkanes of at least 4 members (excludes halogenated alkanes) is 1. The minimum atomic E-state index is -0.278. The molecule has 2 aromatic rings. The third-order valence-corrected chi connectivity index (χ3v) is 3.63. The number of carbonyl (C=O) groups excluding carboxylic acids is 2. The van der Waals surface area contributed by atoms with Crippen molar-refractivity contribution in [1.29, 1.82) is 0 Å². The van der Waals surface area contributed by atoms with E-state index in [1.165, 1.54) is 6.92 Å². The van der Waals surface area contributed by atoms with Gasteiger partial charge in [0.2, 0.25) is 5.91 Å². The second-order valence-corrected chi connectivity index (χ2v) is 5.73. The lowest BCUT2D eigenvalue weighted by Gasteiger charge is -2.08. The average molecular weight is 337 g/mol. The van der Waals surface area contributed by atoms with Gasteiger partial charge in [-0.05, 0) is 42.7 Å². The summed E-state index contributed by atoms with van der Waals surface area (Å²) in [5.74, 6) is -0.426. The summed E-state index contributed by atoms with van der Waals surface area (Å²) >= 11 is 0. The Bertz CT molecular complexity index is 737. The van der Waals surface area contributed by atoms with Crippen LogP contribution in [0.4, 0.5) is 5.69 Å². The highest BCUT2D eigenvalue weighted by Crippen LogP contribution is 2.10. The van der Waals surface area contributed by atoms with E-state index in [9.17, 15) is 9.59 Å². The molecule has 0 aliphatic rings. The smallest absolute Gasteiger partial charge is 0.271 e. The van der Waals surface area contributed by atoms with Crippen LogP contribution in [-0.2, 0) is 4.79 Å². The molecule has 130 valence electrons. The van der Waals surface area contributed by atoms with Crippen molar-refractivity contribution >= 4 is 23.2 Å². The second-order valence-electron chi connectivity index (χ2n) is 5.73. The molecule has 5 heteroatoms. The van der Waals surface area contributed by atoms with Gasteiger partial charge in [0.25, 0.3) is 5.91 Å². The van der Waals surface area contributed by atoms with E-state index in [4.69, 9.17) is 0 Å². The molecular weight excluding hydrogens is 314 g/mol. The summed E-state index contributed by atoms with van der Waals surface area (Å²) in [6.45, 7) is 3.56. The SMILES string of the molecule is CCCC/C(=N/NC(=O)c1ccc(NC(C)=O)cc1)c1ccccc1. The summed E-state index contributed by atoms with van der Waals surface area (Å²) in [4.78, 5) is 23.3. The van der Waals surface area contributed by atoms with Gasteiger partial charge in [-0.25, -0.2) is 5.43 Å². The van der Waals surface area contributed by atoms with Crippen molar-refractivity contribution in [2.75, 3.05) is 5.32 Å². The van der Waals surface area contributed by atoms with Crippen LogP contribution in [0.2, 0.25) is 0 Å². The topological polar surface area (TPSA) is 70.6 Å². The van der Waals surface area contributed by atoms with E-state index >= 15 is 0 Å². The molecule has 25 heavy (non-hydrogen) atoms. The van der Waals surface area contributed by atoms with Crippen molar-refractivity contribution in [2.24, 2.45) is 5.10 Å². The van der Waals surface area contributed by atoms with E-state index in [0.717, 1.165) is 30.5 Å². The van der Waals surface area contributed by atoms with Crippen molar-refractivity contribution < 1.29 is 9.59 Å². The summed E-state index contributed by atoms with van der Waals surface area (Å²) < 4.78 is 0. The van der Waals surface area contributed by atoms with E-state index in [2.05, 4.69) is 22.8 Å². The fraction of sp³-hybridized carbons (Fsp3) is 0.250. The van der Waals surface area contributed by atoms with Crippen LogP contribution in [0.1, 0.15) is 49.0 Å². The molecule has 5 nitrogen and oxygen atoms in total. The predicted octanol–water partition coefficient (Wildman–Crippen LogP) is 3.97. The molecule has 0 atom stereocenters. The zero-order valence-electron chi connectivity index (χ0n) is 14.6. The number of anilines is 1. The van der Waals surface area contributed by atoms with Crippen LogP contribution in [-0.4, -0.2) is 17.5 Å². The van der Waals surface area contributed by atoms with Crippen molar-refractivity contribution in [3.05, 3.63) is 65.7 Å². The van der Waals surface area contributed by atoms with Crippen molar-refractivity contribution in [1.82, 2.24) is 5.43 Å². The first-order valence-electron chi connectivity index (χ1n) is 8.40. The number of hydrazone groups is 1. The van der Waals surface area contributed by atoms with E-state index < -0.39 is 0 Å². The number of rotatable bonds is 7. The predicted molar refractivity (Wildman–Crippen MR) is 101 cm³/mol. The normalized spacial score (nSPS) is 11.0. The van der Waals surface area contributed by atoms with E-state index in [-0.39, 0.29) is 11.8 Å². The number of nitrogens with zero attached hydrogens (tertiary/aromatic N) is 1. The van der Waals surface area contributed by atoms with Gasteiger partial charge in [0, 0.05) is 18.2 Å². The van der Waals surface area contributed by atoms with Gasteiger partial charge in [0.1, 0.15) is 0 Å². The number of hydrogen-bond donors (Lipinski definition) is 2. The summed E-state index contributed by atoms with van der Waals surface area (Å²) in [6.07, 6.45) is 2.88. The van der Waals surface area contributed by atoms with Crippen LogP contribution < -0.4 is 10.7 Å². The molecule has 0 spiro atoms. The van der Waals surface area contributed by atoms with Crippen LogP contribution in [0.3, 0.4) is 0 Å². The third kappa shape index (κ3) is 5.88. The highest BCUT2D eigenvalue weighted by Gasteiger charge is 2.07. The zero-order chi connectivity index (χ0) is 18.1. The van der Waals surface area contributed by atoms with Crippen molar-refractivity contribution in [2.45, 2.75) is 33.1 Å². The Labute approximate surface area is 148 Å². The number of carbonyl (C=O) groups is 2. The molecule has 0 radical (unpaired) electrons. The molecule has 0 aliphatic carbocycles. The Morgan fingerprint density at radius 1 is 0.960 bits per heavy atom. The monoisotopic (exact) mass is 337 g/mol. The molecule has 2 aromatic carbocycles. The van der Waals surface area contributed by atoms with Crippen LogP contribution in [0, 0.1) is 0 Å². The maximum atomic E-state index is 12.3. The lowest BCUT2D eigenvalue weighted by Crippen LogP contribution is -2.20. The van der Waals surface area contributed by atoms with Crippen LogP contribution in [0.5, 0.6) is 0 Å². The van der Waals surface area contributed by atoms with Crippen molar-refractivity contribution in [3.63, 3.8) is 0 Å². The van der Waals surface area contributed by atoms with Gasteiger partial charge in [0.15, 0.2) is 0 Å². The van der Waals surface area contributed by atoms with Gasteiger partial charge in [-0.1, -0.05) is 43.7 Å². The van der Waals surface area contributed by atoms with Gasteiger partial charge < -0.3 is 5.32 Å². The van der Waals surface area contributed by atoms with Crippen LogP contribution >= 0.6 is 0 Å². The summed E-state index contributed by atoms with van der Waals surface area (Å²) in [7, 11) is 0. The summed E-state index contributed by atoms with van der Waals surface area (Å²) in [6, 6.07) is 16.5. The highest BCUT2D eigenvalue weighted by molar-refractivity contribution is 6.02. The van der Waals surface area contributed by atoms with Gasteiger partial charge in [-0.15, -0.1) is 0 Å². The summed E-state index contributed by atoms with van der Waals surface area (Å²) in [5, 5.41) is 6.99. The standard InChI is InChI=1S/C20H23N3O2/c1-3-4-10-19(16-8-6-5-7-9-16)22-23-20(25)17-11-13-18(14-12-17)21-15(2)24/h5-9,11-14H,3-4,10H2,1-2H3,(H,21,24)(H,23,25)/b22-19-. The highest BCUT2D eigenvalue weighted by atomic mass is 16.2. The van der Waals surface area contributed by atoms with Gasteiger partial charge in [-0.2, -0.15) is 5.10 Å². The zero-order valence-corrected chi connectivity index (χ0v) is 14.6. The number of hydrogen-bond acceptors (Lipinski definition) is 3. The Morgan fingerprint density at radius 3 is 2.24 bits per heavy atom. The van der Waals surface area contributed by atoms with Crippen LogP contribution in [0.15, 0.2) is 59.7 Å². The first kappa shape index (κ1) is 18.4. The number of benzene rings is 2. The Morgan fingerprint density at radius 2 is 1.64 bits per heavy atom. The molecule has 2 amide bonds. The van der Waals surface area contributed by atoms with E-state index in [0.29, 0.717) is 11.3 Å². The first-order valence-corrected chi connectivity index (χ1v) is 8.40. The third-order valence-electron chi connectivity index (χ3n) is 3.63. The minimum absolute atomic E-state index is 0.148. The largest absolute Gasteiger partial charge is 0.326 e. The molecule has 0 aromatic heterocycles. The fourth-order valence-corrected chi connectivity index (χ4v) is 2.33. The molecule has 0 bridgehead atoms. The maximum absolute atomic E-state index is 12.3. The van der Waals surface area contributed by atoms with E-state index in [1.54, 1.807) is 24.3 Å². The Hall–Kier alpha value is -2.95. The number of nitrogens with one attached hydrogen (secondary N) is 2. The molecular formula is C20H23N3O2. The molecule has 0 saturated carbocycles. The molecule has 0 saturated heterocycles. The molecule has 0 unspecified atom stereocenters.